The summed E-state index contributed by atoms with van der Waals surface area (Å²) >= 11 is 1.65. The first kappa shape index (κ1) is 16.7. The molecule has 0 radical (unpaired) electrons. The Bertz CT molecular complexity index is 598. The first-order valence-electron chi connectivity index (χ1n) is 5.96. The van der Waals surface area contributed by atoms with Crippen molar-refractivity contribution in [1.82, 2.24) is 5.32 Å². The van der Waals surface area contributed by atoms with Crippen LogP contribution >= 0.6 is 11.8 Å². The van der Waals surface area contributed by atoms with Gasteiger partial charge in [0.05, 0.1) is 4.90 Å². The summed E-state index contributed by atoms with van der Waals surface area (Å²) in [4.78, 5) is 11.9. The van der Waals surface area contributed by atoms with E-state index in [1.165, 1.54) is 12.1 Å². The molecule has 20 heavy (non-hydrogen) atoms. The molecule has 0 aromatic heterocycles. The van der Waals surface area contributed by atoms with E-state index < -0.39 is 10.0 Å². The molecule has 0 saturated carbocycles. The SMILES string of the molecule is C=CCSCCNC(=O)c1cc(C)cc(S(N)(=O)=O)c1. The fourth-order valence-corrected chi connectivity index (χ4v) is 2.77. The second kappa shape index (κ2) is 7.47. The van der Waals surface area contributed by atoms with Crippen molar-refractivity contribution in [3.05, 3.63) is 42.0 Å². The average molecular weight is 314 g/mol. The number of nitrogens with two attached hydrogens (primary N) is 1. The summed E-state index contributed by atoms with van der Waals surface area (Å²) in [5.41, 5.74) is 0.963. The largest absolute Gasteiger partial charge is 0.351 e. The Morgan fingerprint density at radius 1 is 1.45 bits per heavy atom. The van der Waals surface area contributed by atoms with Gasteiger partial charge in [0.25, 0.3) is 5.91 Å². The first-order chi connectivity index (χ1) is 9.34. The molecular weight excluding hydrogens is 296 g/mol. The van der Waals surface area contributed by atoms with Crippen molar-refractivity contribution >= 4 is 27.7 Å². The maximum atomic E-state index is 11.9. The van der Waals surface area contributed by atoms with Crippen molar-refractivity contribution < 1.29 is 13.2 Å². The van der Waals surface area contributed by atoms with Gasteiger partial charge >= 0.3 is 0 Å². The van der Waals surface area contributed by atoms with Gasteiger partial charge in [-0.15, -0.1) is 6.58 Å². The van der Waals surface area contributed by atoms with Gasteiger partial charge in [-0.05, 0) is 30.7 Å². The molecule has 0 aliphatic heterocycles. The van der Waals surface area contributed by atoms with E-state index in [0.717, 1.165) is 11.5 Å². The number of sulfonamides is 1. The molecule has 5 nitrogen and oxygen atoms in total. The highest BCUT2D eigenvalue weighted by Gasteiger charge is 2.13. The first-order valence-corrected chi connectivity index (χ1v) is 8.66. The highest BCUT2D eigenvalue weighted by molar-refractivity contribution is 7.99. The lowest BCUT2D eigenvalue weighted by atomic mass is 10.1. The molecule has 3 N–H and O–H groups in total. The fourth-order valence-electron chi connectivity index (χ4n) is 1.55. The number of carbonyl (C=O) groups excluding carboxylic acids is 1. The number of hydrogen-bond donors (Lipinski definition) is 2. The van der Waals surface area contributed by atoms with Gasteiger partial charge in [-0.1, -0.05) is 6.08 Å². The van der Waals surface area contributed by atoms with E-state index in [1.807, 2.05) is 0 Å². The maximum Gasteiger partial charge on any atom is 0.251 e. The monoisotopic (exact) mass is 314 g/mol. The molecule has 1 amide bonds. The summed E-state index contributed by atoms with van der Waals surface area (Å²) < 4.78 is 22.7. The van der Waals surface area contributed by atoms with Crippen molar-refractivity contribution in [3.63, 3.8) is 0 Å². The number of hydrogen-bond acceptors (Lipinski definition) is 4. The van der Waals surface area contributed by atoms with Gasteiger partial charge in [0.15, 0.2) is 0 Å². The fraction of sp³-hybridized carbons (Fsp3) is 0.308. The van der Waals surface area contributed by atoms with Crippen LogP contribution in [0.2, 0.25) is 0 Å². The molecule has 0 atom stereocenters. The van der Waals surface area contributed by atoms with Crippen LogP contribution in [0.4, 0.5) is 0 Å². The molecule has 0 bridgehead atoms. The predicted octanol–water partition coefficient (Wildman–Crippen LogP) is 1.29. The van der Waals surface area contributed by atoms with Crippen molar-refractivity contribution in [2.24, 2.45) is 5.14 Å². The lowest BCUT2D eigenvalue weighted by Crippen LogP contribution is -2.26. The van der Waals surface area contributed by atoms with E-state index in [9.17, 15) is 13.2 Å². The quantitative estimate of drug-likeness (QED) is 0.586. The van der Waals surface area contributed by atoms with Crippen molar-refractivity contribution in [2.75, 3.05) is 18.1 Å². The minimum Gasteiger partial charge on any atom is -0.351 e. The van der Waals surface area contributed by atoms with Crippen LogP contribution in [0.25, 0.3) is 0 Å². The second-order valence-corrected chi connectivity index (χ2v) is 6.91. The molecule has 7 heteroatoms. The molecule has 0 saturated heterocycles. The number of amides is 1. The Kier molecular flexibility index (Phi) is 6.25. The summed E-state index contributed by atoms with van der Waals surface area (Å²) in [6, 6.07) is 4.35. The van der Waals surface area contributed by atoms with Gasteiger partial charge in [-0.3, -0.25) is 4.79 Å². The van der Waals surface area contributed by atoms with E-state index in [-0.39, 0.29) is 10.8 Å². The highest BCUT2D eigenvalue weighted by Crippen LogP contribution is 2.13. The van der Waals surface area contributed by atoms with Crippen LogP contribution in [0.3, 0.4) is 0 Å². The van der Waals surface area contributed by atoms with Crippen LogP contribution in [0.15, 0.2) is 35.7 Å². The van der Waals surface area contributed by atoms with Crippen LogP contribution in [-0.4, -0.2) is 32.4 Å². The minimum absolute atomic E-state index is 0.0521. The normalized spacial score (nSPS) is 11.1. The van der Waals surface area contributed by atoms with E-state index in [1.54, 1.807) is 30.8 Å². The van der Waals surface area contributed by atoms with Crippen LogP contribution < -0.4 is 10.5 Å². The zero-order valence-electron chi connectivity index (χ0n) is 11.3. The standard InChI is InChI=1S/C13H18N2O3S2/c1-3-5-19-6-4-15-13(16)11-7-10(2)8-12(9-11)20(14,17)18/h3,7-9H,1,4-6H2,2H3,(H,15,16)(H2,14,17,18). The van der Waals surface area contributed by atoms with Crippen molar-refractivity contribution in [3.8, 4) is 0 Å². The Morgan fingerprint density at radius 3 is 2.75 bits per heavy atom. The highest BCUT2D eigenvalue weighted by atomic mass is 32.2. The molecule has 0 spiro atoms. The molecular formula is C13H18N2O3S2. The number of benzene rings is 1. The van der Waals surface area contributed by atoms with Crippen molar-refractivity contribution in [2.45, 2.75) is 11.8 Å². The van der Waals surface area contributed by atoms with Crippen molar-refractivity contribution in [1.29, 1.82) is 0 Å². The van der Waals surface area contributed by atoms with Crippen LogP contribution in [-0.2, 0) is 10.0 Å². The van der Waals surface area contributed by atoms with Gasteiger partial charge in [-0.25, -0.2) is 13.6 Å². The summed E-state index contributed by atoms with van der Waals surface area (Å²) in [6.45, 7) is 5.83. The summed E-state index contributed by atoms with van der Waals surface area (Å²) in [7, 11) is -3.81. The zero-order chi connectivity index (χ0) is 15.2. The molecule has 0 aliphatic rings. The third-order valence-corrected chi connectivity index (χ3v) is 4.27. The molecule has 0 aliphatic carbocycles. The Morgan fingerprint density at radius 2 is 2.15 bits per heavy atom. The number of primary sulfonamides is 1. The number of thioether (sulfide) groups is 1. The Labute approximate surface area is 123 Å². The average Bonchev–Trinajstić information content (AvgIpc) is 2.36. The molecule has 110 valence electrons. The number of carbonyl (C=O) groups is 1. The van der Waals surface area contributed by atoms with Crippen LogP contribution in [0.1, 0.15) is 15.9 Å². The minimum atomic E-state index is -3.81. The number of rotatable bonds is 7. The lowest BCUT2D eigenvalue weighted by molar-refractivity contribution is 0.0956. The third-order valence-electron chi connectivity index (χ3n) is 2.41. The number of aryl methyl sites for hydroxylation is 1. The maximum absolute atomic E-state index is 11.9. The predicted molar refractivity (Wildman–Crippen MR) is 82.4 cm³/mol. The van der Waals surface area contributed by atoms with E-state index in [4.69, 9.17) is 5.14 Å². The Hall–Kier alpha value is -1.31. The summed E-state index contributed by atoms with van der Waals surface area (Å²) in [5.74, 6) is 1.29. The Balaban J connectivity index is 2.73. The lowest BCUT2D eigenvalue weighted by Gasteiger charge is -2.07. The smallest absolute Gasteiger partial charge is 0.251 e. The molecule has 0 unspecified atom stereocenters. The van der Waals surface area contributed by atoms with Crippen LogP contribution in [0.5, 0.6) is 0 Å². The molecule has 0 fully saturated rings. The molecule has 0 heterocycles. The van der Waals surface area contributed by atoms with Gasteiger partial charge in [0.2, 0.25) is 10.0 Å². The summed E-state index contributed by atoms with van der Waals surface area (Å²) in [6.07, 6.45) is 1.80. The summed E-state index contributed by atoms with van der Waals surface area (Å²) in [5, 5.41) is 7.81. The van der Waals surface area contributed by atoms with E-state index >= 15 is 0 Å². The third kappa shape index (κ3) is 5.36. The topological polar surface area (TPSA) is 89.3 Å². The van der Waals surface area contributed by atoms with Crippen LogP contribution in [0, 0.1) is 6.92 Å². The van der Waals surface area contributed by atoms with E-state index in [2.05, 4.69) is 11.9 Å². The van der Waals surface area contributed by atoms with E-state index in [0.29, 0.717) is 17.7 Å². The zero-order valence-corrected chi connectivity index (χ0v) is 12.9. The molecule has 1 rings (SSSR count). The number of nitrogens with one attached hydrogen (secondary N) is 1. The molecule has 1 aromatic carbocycles. The second-order valence-electron chi connectivity index (χ2n) is 4.20. The van der Waals surface area contributed by atoms with Gasteiger partial charge < -0.3 is 5.32 Å². The van der Waals surface area contributed by atoms with Gasteiger partial charge in [-0.2, -0.15) is 11.8 Å². The van der Waals surface area contributed by atoms with Gasteiger partial charge in [0.1, 0.15) is 0 Å². The molecule has 1 aromatic rings. The van der Waals surface area contributed by atoms with Gasteiger partial charge in [0, 0.05) is 23.6 Å².